The van der Waals surface area contributed by atoms with Gasteiger partial charge in [-0.2, -0.15) is 0 Å². The second kappa shape index (κ2) is 6.11. The van der Waals surface area contributed by atoms with Crippen molar-refractivity contribution in [2.75, 3.05) is 13.1 Å². The Labute approximate surface area is 141 Å². The van der Waals surface area contributed by atoms with Gasteiger partial charge in [-0.25, -0.2) is 4.79 Å². The van der Waals surface area contributed by atoms with Crippen LogP contribution in [0.25, 0.3) is 11.1 Å². The average Bonchev–Trinajstić information content (AvgIpc) is 2.99. The molecule has 1 amide bonds. The number of fused-ring (bicyclic) bond motifs is 3. The third kappa shape index (κ3) is 2.68. The summed E-state index contributed by atoms with van der Waals surface area (Å²) in [6.07, 6.45) is 1.77. The van der Waals surface area contributed by atoms with E-state index in [1.54, 1.807) is 0 Å². The maximum Gasteiger partial charge on any atom is 0.410 e. The number of likely N-dealkylation sites (tertiary alicyclic amines) is 1. The van der Waals surface area contributed by atoms with Crippen LogP contribution in [0.1, 0.15) is 29.5 Å². The van der Waals surface area contributed by atoms with Gasteiger partial charge in [0.1, 0.15) is 6.61 Å². The highest BCUT2D eigenvalue weighted by molar-refractivity contribution is 5.85. The van der Waals surface area contributed by atoms with Crippen LogP contribution in [0.2, 0.25) is 0 Å². The molecule has 1 heterocycles. The quantitative estimate of drug-likeness (QED) is 0.725. The standard InChI is InChI=1S/C20H19NO3/c22-16-7-4-10-21(12-16)20(23)24-13-15-6-3-9-18-17-8-2-1-5-14(17)11-19(15)18/h1-3,5-6,8-9H,4,7,10-13H2. The molecule has 4 heteroatoms. The van der Waals surface area contributed by atoms with Crippen molar-refractivity contribution in [3.63, 3.8) is 0 Å². The van der Waals surface area contributed by atoms with Gasteiger partial charge in [-0.15, -0.1) is 0 Å². The summed E-state index contributed by atoms with van der Waals surface area (Å²) in [5.41, 5.74) is 6.09. The molecule has 0 spiro atoms. The van der Waals surface area contributed by atoms with E-state index < -0.39 is 6.09 Å². The highest BCUT2D eigenvalue weighted by Gasteiger charge is 2.24. The molecule has 1 aliphatic carbocycles. The smallest absolute Gasteiger partial charge is 0.410 e. The first-order valence-corrected chi connectivity index (χ1v) is 8.35. The number of carbonyl (C=O) groups is 2. The molecule has 0 bridgehead atoms. The third-order valence-electron chi connectivity index (χ3n) is 4.81. The van der Waals surface area contributed by atoms with Crippen molar-refractivity contribution in [1.82, 2.24) is 4.90 Å². The number of ether oxygens (including phenoxy) is 1. The minimum Gasteiger partial charge on any atom is -0.445 e. The predicted molar refractivity (Wildman–Crippen MR) is 90.7 cm³/mol. The summed E-state index contributed by atoms with van der Waals surface area (Å²) in [6.45, 7) is 1.03. The molecular formula is C20H19NO3. The molecule has 4 nitrogen and oxygen atoms in total. The van der Waals surface area contributed by atoms with Gasteiger partial charge in [-0.05, 0) is 40.7 Å². The molecule has 0 unspecified atom stereocenters. The Balaban J connectivity index is 1.49. The van der Waals surface area contributed by atoms with Crippen LogP contribution in [0.5, 0.6) is 0 Å². The Hall–Kier alpha value is -2.62. The Morgan fingerprint density at radius 3 is 2.79 bits per heavy atom. The van der Waals surface area contributed by atoms with E-state index in [4.69, 9.17) is 4.74 Å². The van der Waals surface area contributed by atoms with Crippen molar-refractivity contribution in [2.45, 2.75) is 25.9 Å². The molecule has 122 valence electrons. The molecule has 4 rings (SSSR count). The van der Waals surface area contributed by atoms with Crippen molar-refractivity contribution in [1.29, 1.82) is 0 Å². The highest BCUT2D eigenvalue weighted by atomic mass is 16.6. The van der Waals surface area contributed by atoms with Gasteiger partial charge in [0.15, 0.2) is 5.78 Å². The minimum absolute atomic E-state index is 0.106. The first-order chi connectivity index (χ1) is 11.7. The lowest BCUT2D eigenvalue weighted by Crippen LogP contribution is -2.40. The van der Waals surface area contributed by atoms with Crippen LogP contribution in [0.3, 0.4) is 0 Å². The number of amides is 1. The van der Waals surface area contributed by atoms with E-state index >= 15 is 0 Å². The summed E-state index contributed by atoms with van der Waals surface area (Å²) in [4.78, 5) is 25.2. The van der Waals surface area contributed by atoms with E-state index in [2.05, 4.69) is 24.3 Å². The Morgan fingerprint density at radius 1 is 1.08 bits per heavy atom. The molecule has 24 heavy (non-hydrogen) atoms. The van der Waals surface area contributed by atoms with Crippen LogP contribution < -0.4 is 0 Å². The Bertz CT molecular complexity index is 812. The van der Waals surface area contributed by atoms with Gasteiger partial charge in [-0.1, -0.05) is 42.5 Å². The fourth-order valence-electron chi connectivity index (χ4n) is 3.58. The van der Waals surface area contributed by atoms with Gasteiger partial charge in [-0.3, -0.25) is 4.79 Å². The first-order valence-electron chi connectivity index (χ1n) is 8.35. The van der Waals surface area contributed by atoms with Crippen LogP contribution in [-0.2, 0) is 22.6 Å². The van der Waals surface area contributed by atoms with Crippen LogP contribution in [0.4, 0.5) is 4.79 Å². The normalized spacial score (nSPS) is 15.8. The van der Waals surface area contributed by atoms with Crippen LogP contribution >= 0.6 is 0 Å². The van der Waals surface area contributed by atoms with Crippen molar-refractivity contribution in [3.05, 3.63) is 59.2 Å². The SMILES string of the molecule is O=C1CCCN(C(=O)OCc2cccc3c2Cc2ccccc2-3)C1. The lowest BCUT2D eigenvalue weighted by Gasteiger charge is -2.25. The number of benzene rings is 2. The molecule has 0 N–H and O–H groups in total. The van der Waals surface area contributed by atoms with E-state index in [1.807, 2.05) is 18.2 Å². The monoisotopic (exact) mass is 321 g/mol. The molecular weight excluding hydrogens is 302 g/mol. The number of carbonyl (C=O) groups excluding carboxylic acids is 2. The highest BCUT2D eigenvalue weighted by Crippen LogP contribution is 2.38. The summed E-state index contributed by atoms with van der Waals surface area (Å²) in [5.74, 6) is 0.106. The van der Waals surface area contributed by atoms with Gasteiger partial charge in [0.25, 0.3) is 0 Å². The lowest BCUT2D eigenvalue weighted by atomic mass is 10.0. The molecule has 2 aliphatic rings. The van der Waals surface area contributed by atoms with Crippen LogP contribution in [0, 0.1) is 0 Å². The fraction of sp³-hybridized carbons (Fsp3) is 0.300. The molecule has 1 aliphatic heterocycles. The Morgan fingerprint density at radius 2 is 1.92 bits per heavy atom. The zero-order chi connectivity index (χ0) is 16.5. The van der Waals surface area contributed by atoms with Crippen LogP contribution in [-0.4, -0.2) is 29.9 Å². The zero-order valence-corrected chi connectivity index (χ0v) is 13.5. The van der Waals surface area contributed by atoms with E-state index in [1.165, 1.54) is 27.2 Å². The number of hydrogen-bond donors (Lipinski definition) is 0. The van der Waals surface area contributed by atoms with Gasteiger partial charge < -0.3 is 9.64 Å². The molecule has 1 saturated heterocycles. The van der Waals surface area contributed by atoms with Gasteiger partial charge >= 0.3 is 6.09 Å². The van der Waals surface area contributed by atoms with E-state index in [-0.39, 0.29) is 18.9 Å². The number of piperidine rings is 1. The summed E-state index contributed by atoms with van der Waals surface area (Å²) in [6, 6.07) is 14.5. The van der Waals surface area contributed by atoms with Gasteiger partial charge in [0.05, 0.1) is 6.54 Å². The maximum absolute atomic E-state index is 12.2. The summed E-state index contributed by atoms with van der Waals surface area (Å²) in [5, 5.41) is 0. The first kappa shape index (κ1) is 14.9. The second-order valence-electron chi connectivity index (χ2n) is 6.40. The van der Waals surface area contributed by atoms with E-state index in [0.29, 0.717) is 13.0 Å². The second-order valence-corrected chi connectivity index (χ2v) is 6.40. The molecule has 1 fully saturated rings. The van der Waals surface area contributed by atoms with Gasteiger partial charge in [0, 0.05) is 13.0 Å². The molecule has 2 aromatic carbocycles. The minimum atomic E-state index is -0.392. The van der Waals surface area contributed by atoms with E-state index in [9.17, 15) is 9.59 Å². The number of nitrogens with zero attached hydrogens (tertiary/aromatic N) is 1. The van der Waals surface area contributed by atoms with Crippen molar-refractivity contribution in [2.24, 2.45) is 0 Å². The molecule has 0 saturated carbocycles. The summed E-state index contributed by atoms with van der Waals surface area (Å²) in [7, 11) is 0. The van der Waals surface area contributed by atoms with Gasteiger partial charge in [0.2, 0.25) is 0 Å². The van der Waals surface area contributed by atoms with E-state index in [0.717, 1.165) is 18.4 Å². The number of ketones is 1. The molecule has 2 aromatic rings. The summed E-state index contributed by atoms with van der Waals surface area (Å²) < 4.78 is 5.47. The number of rotatable bonds is 2. The van der Waals surface area contributed by atoms with Crippen molar-refractivity contribution >= 4 is 11.9 Å². The topological polar surface area (TPSA) is 46.6 Å². The van der Waals surface area contributed by atoms with Crippen LogP contribution in [0.15, 0.2) is 42.5 Å². The third-order valence-corrected chi connectivity index (χ3v) is 4.81. The molecule has 0 aromatic heterocycles. The zero-order valence-electron chi connectivity index (χ0n) is 13.5. The summed E-state index contributed by atoms with van der Waals surface area (Å²) >= 11 is 0. The molecule has 0 atom stereocenters. The van der Waals surface area contributed by atoms with Crippen molar-refractivity contribution < 1.29 is 14.3 Å². The van der Waals surface area contributed by atoms with Crippen molar-refractivity contribution in [3.8, 4) is 11.1 Å². The lowest BCUT2D eigenvalue weighted by molar-refractivity contribution is -0.121. The largest absolute Gasteiger partial charge is 0.445 e. The Kier molecular flexibility index (Phi) is 3.81. The number of Topliss-reactive ketones (excluding diaryl/α,β-unsaturated/α-hetero) is 1. The average molecular weight is 321 g/mol. The fourth-order valence-corrected chi connectivity index (χ4v) is 3.58. The maximum atomic E-state index is 12.2. The number of hydrogen-bond acceptors (Lipinski definition) is 3. The molecule has 0 radical (unpaired) electrons. The predicted octanol–water partition coefficient (Wildman–Crippen LogP) is 3.56.